The number of primary amides is 3. The summed E-state index contributed by atoms with van der Waals surface area (Å²) in [6.07, 6.45) is -11.4. The minimum absolute atomic E-state index is 0.216. The summed E-state index contributed by atoms with van der Waals surface area (Å²) in [6.45, 7) is 6.19. The summed E-state index contributed by atoms with van der Waals surface area (Å²) >= 11 is 3.85. The average Bonchev–Trinajstić information content (AvgIpc) is 1.62. The van der Waals surface area contributed by atoms with Gasteiger partial charge in [0.25, 0.3) is 0 Å². The van der Waals surface area contributed by atoms with Gasteiger partial charge in [-0.25, -0.2) is 4.79 Å². The lowest BCUT2D eigenvalue weighted by Crippen LogP contribution is -2.63. The van der Waals surface area contributed by atoms with E-state index in [2.05, 4.69) is 97.4 Å². The number of carbonyl (C=O) groups excluding carboxylic acids is 19. The maximum atomic E-state index is 14.8. The van der Waals surface area contributed by atoms with Gasteiger partial charge in [0.15, 0.2) is 5.96 Å². The number of carbonyl (C=O) groups is 23. The van der Waals surface area contributed by atoms with Crippen LogP contribution in [0.2, 0.25) is 0 Å². The molecular weight excluding hydrogens is 1850 g/mol. The minimum atomic E-state index is -2.29. The minimum Gasteiger partial charge on any atom is -0.481 e. The summed E-state index contributed by atoms with van der Waals surface area (Å²) in [6, 6.07) is -18.0. The zero-order chi connectivity index (χ0) is 104. The number of guanidine groups is 1. The predicted molar refractivity (Wildman–Crippen MR) is 482 cm³/mol. The van der Waals surface area contributed by atoms with Crippen molar-refractivity contribution in [3.8, 4) is 0 Å². The first-order valence-electron chi connectivity index (χ1n) is 42.8. The number of rotatable bonds is 62. The zero-order valence-corrected chi connectivity index (χ0v) is 76.9. The molecule has 0 fully saturated rings. The number of aliphatic hydroxyl groups excluding tert-OH is 4. The Morgan fingerprint density at radius 2 is 0.746 bits per heavy atom. The number of aromatic nitrogens is 1. The van der Waals surface area contributed by atoms with E-state index in [9.17, 15) is 146 Å². The standard InChI is InChI=1S/C82H122N24O31S/c1-34(2)22-46(69(124)101-54(32-108)77(132)103-55(33-138)81(136)137)95-73(128)51(28-58(86)113)99-79(134)63(37(6)109)105-68(123)44(18-13-21-89-82(87)88)92-71(126)49(26-56(84)111)97-67(122)45(19-20-59(114)115)93-76(131)53(31-107)102-74(129)52(29-61(118)119)100-78(133)62(35(3)4)104-80(135)64(38(7)110)106-75(130)48(24-40-30-90-43-17-12-11-16-41(40)43)96-72(127)50(27-57(85)112)98-70(125)47(23-39-14-9-8-10-15-39)94-65(120)36(5)91-66(121)42(83)25-60(116)117/h8-12,14-17,30,34-38,42,44-55,62-64,90,107-110,138H,13,18-29,31-33,83H2,1-7H3,(H2,84,111)(H2,85,112)(H2,86,113)(H,91,121)(H,92,126)(H,93,131)(H,94,120)(H,95,128)(H,96,127)(H,97,122)(H,98,125)(H,99,134)(H,100,133)(H,101,124)(H,102,129)(H,103,132)(H,104,135)(H,105,123)(H,106,130)(H,114,115)(H,116,117)(H,118,119)(H,136,137)(H4,87,88,89)/t36-,37+,38+,42-,44-,45-,46-,47-,48-,49-,50-,51-,52-,53-,54-,55-,62-,63-,64-/m0/s1. The molecule has 0 aliphatic rings. The van der Waals surface area contributed by atoms with Gasteiger partial charge < -0.3 is 165 Å². The Labute approximate surface area is 792 Å². The molecule has 55 nitrogen and oxygen atoms in total. The predicted octanol–water partition coefficient (Wildman–Crippen LogP) is -12.8. The molecule has 56 heteroatoms. The quantitative estimate of drug-likeness (QED) is 0.0108. The molecule has 0 aliphatic carbocycles. The fourth-order valence-electron chi connectivity index (χ4n) is 13.0. The Bertz CT molecular complexity index is 4870. The third kappa shape index (κ3) is 40.8. The van der Waals surface area contributed by atoms with E-state index in [-0.39, 0.29) is 25.8 Å². The van der Waals surface area contributed by atoms with Crippen molar-refractivity contribution < 1.29 is 151 Å². The van der Waals surface area contributed by atoms with Crippen molar-refractivity contribution in [3.05, 3.63) is 71.9 Å². The Morgan fingerprint density at radius 3 is 1.19 bits per heavy atom. The number of aliphatic hydroxyl groups is 4. The summed E-state index contributed by atoms with van der Waals surface area (Å²) in [5, 5.41) is 127. The van der Waals surface area contributed by atoms with Crippen LogP contribution in [0.5, 0.6) is 0 Å². The highest BCUT2D eigenvalue weighted by Crippen LogP contribution is 2.21. The van der Waals surface area contributed by atoms with E-state index in [1.54, 1.807) is 68.4 Å². The van der Waals surface area contributed by atoms with E-state index in [1.807, 2.05) is 10.6 Å². The lowest BCUT2D eigenvalue weighted by atomic mass is 10.0. The highest BCUT2D eigenvalue weighted by Gasteiger charge is 2.42. The second-order valence-corrected chi connectivity index (χ2v) is 33.0. The van der Waals surface area contributed by atoms with E-state index in [0.717, 1.165) is 13.8 Å². The molecule has 1 aromatic heterocycles. The monoisotopic (exact) mass is 1970 g/mol. The fourth-order valence-corrected chi connectivity index (χ4v) is 13.3. The summed E-state index contributed by atoms with van der Waals surface area (Å²) in [5.74, 6) is -33.8. The van der Waals surface area contributed by atoms with Gasteiger partial charge in [-0.1, -0.05) is 76.2 Å². The average molecular weight is 1970 g/mol. The molecule has 2 aromatic carbocycles. The number of aromatic amines is 1. The van der Waals surface area contributed by atoms with E-state index in [1.165, 1.54) is 27.0 Å². The molecular formula is C82H122N24O31S. The number of carboxylic acid groups (broad SMARTS) is 4. The normalized spacial score (nSPS) is 15.2. The molecule has 0 radical (unpaired) electrons. The number of carboxylic acids is 4. The lowest BCUT2D eigenvalue weighted by molar-refractivity contribution is -0.142. The number of nitrogens with one attached hydrogen (secondary N) is 19. The summed E-state index contributed by atoms with van der Waals surface area (Å²) < 4.78 is 0. The van der Waals surface area contributed by atoms with Gasteiger partial charge >= 0.3 is 23.9 Å². The molecule has 0 saturated heterocycles. The number of thiol groups is 1. The number of H-pyrrole nitrogens is 1. The molecule has 37 N–H and O–H groups in total. The summed E-state index contributed by atoms with van der Waals surface area (Å²) in [7, 11) is 0. The molecule has 1 heterocycles. The van der Waals surface area contributed by atoms with Crippen molar-refractivity contribution >= 4 is 166 Å². The van der Waals surface area contributed by atoms with Gasteiger partial charge in [0.05, 0.1) is 63.6 Å². The summed E-state index contributed by atoms with van der Waals surface area (Å²) in [5.41, 5.74) is 28.8. The zero-order valence-electron chi connectivity index (χ0n) is 76.0. The van der Waals surface area contributed by atoms with Crippen LogP contribution in [0.15, 0.2) is 60.8 Å². The van der Waals surface area contributed by atoms with Crippen molar-refractivity contribution in [1.82, 2.24) is 95.4 Å². The number of hydrogen-bond donors (Lipinski definition) is 33. The molecule has 762 valence electrons. The highest BCUT2D eigenvalue weighted by molar-refractivity contribution is 7.80. The van der Waals surface area contributed by atoms with Crippen LogP contribution in [0.3, 0.4) is 0 Å². The molecule has 0 saturated carbocycles. The molecule has 0 aliphatic heterocycles. The van der Waals surface area contributed by atoms with E-state index in [0.29, 0.717) is 22.0 Å². The van der Waals surface area contributed by atoms with Gasteiger partial charge in [-0.2, -0.15) is 12.6 Å². The van der Waals surface area contributed by atoms with Crippen molar-refractivity contribution in [3.63, 3.8) is 0 Å². The Hall–Kier alpha value is -14.8. The molecule has 3 aromatic rings. The van der Waals surface area contributed by atoms with Crippen LogP contribution in [0.25, 0.3) is 10.9 Å². The van der Waals surface area contributed by atoms with E-state index in [4.69, 9.17) is 39.2 Å². The van der Waals surface area contributed by atoms with Crippen LogP contribution in [0.1, 0.15) is 124 Å². The number of hydrogen-bond acceptors (Lipinski definition) is 30. The Kier molecular flexibility index (Phi) is 49.2. The Balaban J connectivity index is 1.96. The molecule has 0 spiro atoms. The molecule has 3 rings (SSSR count). The SMILES string of the molecule is CC(C)C[C@H](NC(=O)[C@H](CC(N)=O)NC(=O)[C@@H](NC(=O)[C@H](CCCNC(=N)N)NC(=O)[C@H](CC(N)=O)NC(=O)[C@H](CCC(=O)O)NC(=O)[C@H](CO)NC(=O)[C@H](CC(=O)O)NC(=O)[C@@H](NC(=O)[C@@H](NC(=O)[C@H](Cc1c[nH]c2ccccc12)NC(=O)[C@H](CC(N)=O)NC(=O)[C@H](Cc1ccccc1)NC(=O)[C@H](C)NC(=O)[C@@H](N)CC(=O)O)[C@@H](C)O)C(C)C)[C@@H](C)O)C(=O)N[C@@H](CO)C(=O)N[C@@H](CS)C(=O)O. The van der Waals surface area contributed by atoms with Gasteiger partial charge in [0, 0.05) is 48.7 Å². The van der Waals surface area contributed by atoms with E-state index >= 15 is 0 Å². The van der Waals surface area contributed by atoms with Gasteiger partial charge in [-0.15, -0.1) is 0 Å². The number of para-hydroxylation sites is 1. The van der Waals surface area contributed by atoms with Crippen LogP contribution < -0.4 is 119 Å². The number of fused-ring (bicyclic) bond motifs is 1. The largest absolute Gasteiger partial charge is 0.481 e. The van der Waals surface area contributed by atoms with E-state index < -0.39 is 346 Å². The highest BCUT2D eigenvalue weighted by atomic mass is 32.1. The first kappa shape index (κ1) is 117. The van der Waals surface area contributed by atoms with Crippen molar-refractivity contribution in [1.29, 1.82) is 5.41 Å². The topological polar surface area (TPSA) is 929 Å². The van der Waals surface area contributed by atoms with Crippen molar-refractivity contribution in [2.45, 2.75) is 240 Å². The first-order valence-corrected chi connectivity index (χ1v) is 43.5. The third-order valence-electron chi connectivity index (χ3n) is 20.3. The second-order valence-electron chi connectivity index (χ2n) is 32.6. The van der Waals surface area contributed by atoms with Crippen LogP contribution in [0.4, 0.5) is 0 Å². The third-order valence-corrected chi connectivity index (χ3v) is 20.7. The smallest absolute Gasteiger partial charge is 0.327 e. The van der Waals surface area contributed by atoms with Gasteiger partial charge in [-0.05, 0) is 75.5 Å². The molecule has 0 bridgehead atoms. The number of nitrogens with two attached hydrogens (primary N) is 5. The Morgan fingerprint density at radius 1 is 0.384 bits per heavy atom. The van der Waals surface area contributed by atoms with Crippen molar-refractivity contribution in [2.24, 2.45) is 40.5 Å². The van der Waals surface area contributed by atoms with Crippen LogP contribution >= 0.6 is 12.6 Å². The molecule has 138 heavy (non-hydrogen) atoms. The maximum absolute atomic E-state index is 14.8. The fraction of sp³-hybridized carbons (Fsp3) is 0.537. The van der Waals surface area contributed by atoms with Crippen LogP contribution in [-0.4, -0.2) is 328 Å². The summed E-state index contributed by atoms with van der Waals surface area (Å²) in [4.78, 5) is 313. The number of amides is 19. The number of aliphatic carboxylic acids is 4. The van der Waals surface area contributed by atoms with Crippen LogP contribution in [0, 0.1) is 17.2 Å². The lowest BCUT2D eigenvalue weighted by Gasteiger charge is -2.29. The van der Waals surface area contributed by atoms with Gasteiger partial charge in [0.1, 0.15) is 96.7 Å². The number of benzene rings is 2. The van der Waals surface area contributed by atoms with Gasteiger partial charge in [-0.3, -0.25) is 111 Å². The molecule has 0 unspecified atom stereocenters. The molecule has 19 atom stereocenters. The first-order chi connectivity index (χ1) is 64.6. The maximum Gasteiger partial charge on any atom is 0.327 e. The van der Waals surface area contributed by atoms with Crippen LogP contribution in [-0.2, 0) is 123 Å². The molecule has 19 amide bonds. The van der Waals surface area contributed by atoms with Crippen molar-refractivity contribution in [2.75, 3.05) is 25.5 Å². The van der Waals surface area contributed by atoms with Gasteiger partial charge in [0.2, 0.25) is 112 Å². The second kappa shape index (κ2) is 57.8.